The van der Waals surface area contributed by atoms with E-state index in [1.807, 2.05) is 31.2 Å². The molecular weight excluding hydrogens is 262 g/mol. The SMILES string of the molecule is CO[C@@H](c1ccc(Cl)cc1)[C@H](C)NC(=O)C1CCC1. The first kappa shape index (κ1) is 14.4. The van der Waals surface area contributed by atoms with Crippen LogP contribution in [-0.4, -0.2) is 19.1 Å². The Morgan fingerprint density at radius 2 is 2.00 bits per heavy atom. The summed E-state index contributed by atoms with van der Waals surface area (Å²) < 4.78 is 5.51. The first-order valence-electron chi connectivity index (χ1n) is 6.70. The number of carbonyl (C=O) groups excluding carboxylic acids is 1. The molecule has 1 saturated carbocycles. The highest BCUT2D eigenvalue weighted by Gasteiger charge is 2.28. The molecule has 0 spiro atoms. The lowest BCUT2D eigenvalue weighted by atomic mass is 9.84. The summed E-state index contributed by atoms with van der Waals surface area (Å²) in [5, 5.41) is 3.75. The van der Waals surface area contributed by atoms with E-state index in [0.29, 0.717) is 5.02 Å². The molecule has 1 aliphatic carbocycles. The van der Waals surface area contributed by atoms with Crippen LogP contribution in [0.25, 0.3) is 0 Å². The molecule has 104 valence electrons. The average Bonchev–Trinajstić information content (AvgIpc) is 2.30. The zero-order valence-electron chi connectivity index (χ0n) is 11.4. The minimum atomic E-state index is -0.152. The molecule has 0 aliphatic heterocycles. The quantitative estimate of drug-likeness (QED) is 0.899. The van der Waals surface area contributed by atoms with Gasteiger partial charge in [0.15, 0.2) is 0 Å². The van der Waals surface area contributed by atoms with Gasteiger partial charge in [0.1, 0.15) is 6.10 Å². The minimum Gasteiger partial charge on any atom is -0.375 e. The summed E-state index contributed by atoms with van der Waals surface area (Å²) in [6, 6.07) is 7.48. The monoisotopic (exact) mass is 281 g/mol. The molecular formula is C15H20ClNO2. The third kappa shape index (κ3) is 3.48. The lowest BCUT2D eigenvalue weighted by molar-refractivity contribution is -0.129. The second-order valence-electron chi connectivity index (χ2n) is 5.13. The van der Waals surface area contributed by atoms with Crippen molar-refractivity contribution >= 4 is 17.5 Å². The Balaban J connectivity index is 1.99. The second kappa shape index (κ2) is 6.40. The Hall–Kier alpha value is -1.06. The van der Waals surface area contributed by atoms with E-state index >= 15 is 0 Å². The molecule has 19 heavy (non-hydrogen) atoms. The van der Waals surface area contributed by atoms with Crippen molar-refractivity contribution in [3.05, 3.63) is 34.9 Å². The van der Waals surface area contributed by atoms with Gasteiger partial charge in [-0.3, -0.25) is 4.79 Å². The summed E-state index contributed by atoms with van der Waals surface area (Å²) in [6.07, 6.45) is 3.03. The first-order chi connectivity index (χ1) is 9.11. The second-order valence-corrected chi connectivity index (χ2v) is 5.57. The highest BCUT2D eigenvalue weighted by atomic mass is 35.5. The maximum Gasteiger partial charge on any atom is 0.223 e. The van der Waals surface area contributed by atoms with Gasteiger partial charge in [-0.1, -0.05) is 30.2 Å². The van der Waals surface area contributed by atoms with Crippen LogP contribution in [-0.2, 0) is 9.53 Å². The van der Waals surface area contributed by atoms with E-state index in [1.165, 1.54) is 0 Å². The topological polar surface area (TPSA) is 38.3 Å². The van der Waals surface area contributed by atoms with Crippen LogP contribution in [0.3, 0.4) is 0 Å². The molecule has 0 aromatic heterocycles. The summed E-state index contributed by atoms with van der Waals surface area (Å²) >= 11 is 5.88. The van der Waals surface area contributed by atoms with E-state index in [2.05, 4.69) is 5.32 Å². The predicted molar refractivity (Wildman–Crippen MR) is 76.1 cm³/mol. The summed E-state index contributed by atoms with van der Waals surface area (Å²) in [5.74, 6) is 0.347. The Morgan fingerprint density at radius 3 is 2.47 bits per heavy atom. The van der Waals surface area contributed by atoms with Crippen LogP contribution in [0.15, 0.2) is 24.3 Å². The van der Waals surface area contributed by atoms with Gasteiger partial charge < -0.3 is 10.1 Å². The number of hydrogen-bond donors (Lipinski definition) is 1. The number of rotatable bonds is 5. The molecule has 1 aliphatic rings. The highest BCUT2D eigenvalue weighted by Crippen LogP contribution is 2.28. The standard InChI is InChI=1S/C15H20ClNO2/c1-10(17-15(18)12-4-3-5-12)14(19-2)11-6-8-13(16)9-7-11/h6-10,12,14H,3-5H2,1-2H3,(H,17,18)/t10-,14+/m0/s1. The minimum absolute atomic E-state index is 0.0562. The number of benzene rings is 1. The van der Waals surface area contributed by atoms with Gasteiger partial charge in [-0.2, -0.15) is 0 Å². The molecule has 0 bridgehead atoms. The van der Waals surface area contributed by atoms with E-state index in [0.717, 1.165) is 24.8 Å². The van der Waals surface area contributed by atoms with Crippen LogP contribution in [0.5, 0.6) is 0 Å². The number of methoxy groups -OCH3 is 1. The predicted octanol–water partition coefficient (Wildman–Crippen LogP) is 3.33. The Bertz CT molecular complexity index is 428. The summed E-state index contributed by atoms with van der Waals surface area (Å²) in [6.45, 7) is 1.97. The van der Waals surface area contributed by atoms with Gasteiger partial charge in [0.05, 0.1) is 6.04 Å². The molecule has 1 N–H and O–H groups in total. The van der Waals surface area contributed by atoms with Crippen LogP contribution in [0.2, 0.25) is 5.02 Å². The number of carbonyl (C=O) groups is 1. The molecule has 3 nitrogen and oxygen atoms in total. The maximum atomic E-state index is 12.0. The molecule has 1 aromatic carbocycles. The smallest absolute Gasteiger partial charge is 0.223 e. The highest BCUT2D eigenvalue weighted by molar-refractivity contribution is 6.30. The molecule has 1 aromatic rings. The molecule has 2 rings (SSSR count). The lowest BCUT2D eigenvalue weighted by Gasteiger charge is -2.29. The van der Waals surface area contributed by atoms with Crippen molar-refractivity contribution in [3.63, 3.8) is 0 Å². The first-order valence-corrected chi connectivity index (χ1v) is 7.08. The summed E-state index contributed by atoms with van der Waals surface area (Å²) in [7, 11) is 1.66. The zero-order valence-corrected chi connectivity index (χ0v) is 12.1. The van der Waals surface area contributed by atoms with Crippen LogP contribution in [0.4, 0.5) is 0 Å². The van der Waals surface area contributed by atoms with Crippen LogP contribution in [0.1, 0.15) is 37.9 Å². The third-order valence-corrected chi connectivity index (χ3v) is 4.00. The largest absolute Gasteiger partial charge is 0.375 e. The number of hydrogen-bond acceptors (Lipinski definition) is 2. The van der Waals surface area contributed by atoms with E-state index in [-0.39, 0.29) is 24.0 Å². The number of amides is 1. The van der Waals surface area contributed by atoms with E-state index < -0.39 is 0 Å². The fraction of sp³-hybridized carbons (Fsp3) is 0.533. The molecule has 1 fully saturated rings. The van der Waals surface area contributed by atoms with Gasteiger partial charge in [0.2, 0.25) is 5.91 Å². The maximum absolute atomic E-state index is 12.0. The van der Waals surface area contributed by atoms with Crippen molar-refractivity contribution < 1.29 is 9.53 Å². The summed E-state index contributed by atoms with van der Waals surface area (Å²) in [5.41, 5.74) is 1.02. The van der Waals surface area contributed by atoms with Crippen molar-refractivity contribution in [2.45, 2.75) is 38.3 Å². The van der Waals surface area contributed by atoms with Crippen molar-refractivity contribution in [2.24, 2.45) is 5.92 Å². The van der Waals surface area contributed by atoms with E-state index in [4.69, 9.17) is 16.3 Å². The van der Waals surface area contributed by atoms with Gasteiger partial charge in [0, 0.05) is 18.1 Å². The van der Waals surface area contributed by atoms with Crippen molar-refractivity contribution in [2.75, 3.05) is 7.11 Å². The molecule has 0 radical (unpaired) electrons. The number of nitrogens with one attached hydrogen (secondary N) is 1. The normalized spacial score (nSPS) is 18.5. The van der Waals surface area contributed by atoms with Crippen LogP contribution < -0.4 is 5.32 Å². The Morgan fingerprint density at radius 1 is 1.37 bits per heavy atom. The van der Waals surface area contributed by atoms with Crippen LogP contribution in [0, 0.1) is 5.92 Å². The molecule has 1 amide bonds. The third-order valence-electron chi connectivity index (χ3n) is 3.75. The number of halogens is 1. The molecule has 0 unspecified atom stereocenters. The molecule has 2 atom stereocenters. The fourth-order valence-corrected chi connectivity index (χ4v) is 2.50. The molecule has 4 heteroatoms. The van der Waals surface area contributed by atoms with E-state index in [1.54, 1.807) is 7.11 Å². The van der Waals surface area contributed by atoms with Crippen molar-refractivity contribution in [3.8, 4) is 0 Å². The van der Waals surface area contributed by atoms with Crippen molar-refractivity contribution in [1.82, 2.24) is 5.32 Å². The summed E-state index contributed by atoms with van der Waals surface area (Å²) in [4.78, 5) is 12.0. The van der Waals surface area contributed by atoms with Crippen LogP contribution >= 0.6 is 11.6 Å². The fourth-order valence-electron chi connectivity index (χ4n) is 2.37. The zero-order chi connectivity index (χ0) is 13.8. The Labute approximate surface area is 119 Å². The van der Waals surface area contributed by atoms with Gasteiger partial charge >= 0.3 is 0 Å². The number of ether oxygens (including phenoxy) is 1. The molecule has 0 heterocycles. The van der Waals surface area contributed by atoms with Crippen molar-refractivity contribution in [1.29, 1.82) is 0 Å². The van der Waals surface area contributed by atoms with E-state index in [9.17, 15) is 4.79 Å². The van der Waals surface area contributed by atoms with Gasteiger partial charge in [-0.05, 0) is 37.5 Å². The van der Waals surface area contributed by atoms with Gasteiger partial charge in [-0.25, -0.2) is 0 Å². The van der Waals surface area contributed by atoms with Gasteiger partial charge in [-0.15, -0.1) is 0 Å². The average molecular weight is 282 g/mol. The lowest BCUT2D eigenvalue weighted by Crippen LogP contribution is -2.42. The molecule has 0 saturated heterocycles. The van der Waals surface area contributed by atoms with Gasteiger partial charge in [0.25, 0.3) is 0 Å². The Kier molecular flexibility index (Phi) is 4.83.